The molecule has 3 aromatic rings. The Kier molecular flexibility index (Phi) is 6.83. The lowest BCUT2D eigenvalue weighted by Crippen LogP contribution is -2.23. The van der Waals surface area contributed by atoms with E-state index >= 15 is 0 Å². The number of rotatable bonds is 9. The lowest BCUT2D eigenvalue weighted by atomic mass is 10.3. The van der Waals surface area contributed by atoms with Crippen molar-refractivity contribution in [2.45, 2.75) is 37.4 Å². The molecule has 7 nitrogen and oxygen atoms in total. The van der Waals surface area contributed by atoms with Crippen molar-refractivity contribution in [1.82, 2.24) is 19.7 Å². The highest BCUT2D eigenvalue weighted by Gasteiger charge is 2.21. The molecule has 0 fully saturated rings. The highest BCUT2D eigenvalue weighted by molar-refractivity contribution is 8.00. The number of aromatic nitrogens is 4. The number of benzene rings is 1. The van der Waals surface area contributed by atoms with E-state index in [-0.39, 0.29) is 17.8 Å². The minimum absolute atomic E-state index is 0.130. The number of carbonyl (C=O) groups is 1. The first-order valence-electron chi connectivity index (χ1n) is 8.67. The summed E-state index contributed by atoms with van der Waals surface area (Å²) in [5, 5.41) is 14.1. The zero-order chi connectivity index (χ0) is 19.9. The molecule has 0 aliphatic rings. The van der Waals surface area contributed by atoms with Crippen LogP contribution in [0.15, 0.2) is 53.5 Å². The molecule has 0 saturated carbocycles. The lowest BCUT2D eigenvalue weighted by molar-refractivity contribution is -0.115. The molecule has 3 rings (SSSR count). The molecule has 1 N–H and O–H groups in total. The number of anilines is 1. The summed E-state index contributed by atoms with van der Waals surface area (Å²) in [4.78, 5) is 16.7. The number of hydrogen-bond acceptors (Lipinski definition) is 7. The fourth-order valence-electron chi connectivity index (χ4n) is 2.32. The quantitative estimate of drug-likeness (QED) is 0.421. The van der Waals surface area contributed by atoms with E-state index in [0.29, 0.717) is 22.7 Å². The summed E-state index contributed by atoms with van der Waals surface area (Å²) in [5.74, 6) is 1.31. The maximum absolute atomic E-state index is 12.4. The fourth-order valence-corrected chi connectivity index (χ4v) is 3.89. The van der Waals surface area contributed by atoms with E-state index in [0.717, 1.165) is 11.4 Å². The summed E-state index contributed by atoms with van der Waals surface area (Å²) < 4.78 is 7.67. The molecule has 146 valence electrons. The average molecular weight is 416 g/mol. The van der Waals surface area contributed by atoms with Gasteiger partial charge in [-0.15, -0.1) is 28.1 Å². The molecule has 9 heteroatoms. The van der Waals surface area contributed by atoms with Gasteiger partial charge in [0.2, 0.25) is 5.91 Å². The minimum atomic E-state index is -0.361. The van der Waals surface area contributed by atoms with Crippen molar-refractivity contribution in [3.05, 3.63) is 59.9 Å². The van der Waals surface area contributed by atoms with Crippen molar-refractivity contribution in [1.29, 1.82) is 0 Å². The fraction of sp³-hybridized carbons (Fsp3) is 0.263. The van der Waals surface area contributed by atoms with Gasteiger partial charge in [0.1, 0.15) is 12.4 Å². The van der Waals surface area contributed by atoms with Gasteiger partial charge in [0.05, 0.1) is 10.9 Å². The molecule has 0 aliphatic heterocycles. The monoisotopic (exact) mass is 415 g/mol. The number of nitrogens with one attached hydrogen (secondary N) is 1. The summed E-state index contributed by atoms with van der Waals surface area (Å²) in [6.45, 7) is 8.33. The van der Waals surface area contributed by atoms with Gasteiger partial charge in [-0.3, -0.25) is 9.36 Å². The molecule has 0 radical (unpaired) electrons. The number of aryl methyl sites for hydroxylation is 1. The molecule has 1 atom stereocenters. The topological polar surface area (TPSA) is 81.9 Å². The molecule has 28 heavy (non-hydrogen) atoms. The second-order valence-corrected chi connectivity index (χ2v) is 8.11. The van der Waals surface area contributed by atoms with Crippen LogP contribution in [0.25, 0.3) is 0 Å². The molecule has 0 unspecified atom stereocenters. The van der Waals surface area contributed by atoms with Crippen LogP contribution < -0.4 is 10.1 Å². The van der Waals surface area contributed by atoms with E-state index in [1.54, 1.807) is 6.08 Å². The smallest absolute Gasteiger partial charge is 0.239 e. The molecular weight excluding hydrogens is 394 g/mol. The summed E-state index contributed by atoms with van der Waals surface area (Å²) in [7, 11) is 0. The largest absolute Gasteiger partial charge is 0.486 e. The minimum Gasteiger partial charge on any atom is -0.486 e. The first-order chi connectivity index (χ1) is 13.6. The van der Waals surface area contributed by atoms with Gasteiger partial charge >= 0.3 is 0 Å². The van der Waals surface area contributed by atoms with Gasteiger partial charge in [-0.1, -0.05) is 36.0 Å². The van der Waals surface area contributed by atoms with Crippen LogP contribution >= 0.6 is 23.1 Å². The van der Waals surface area contributed by atoms with Crippen molar-refractivity contribution in [3.8, 4) is 5.75 Å². The highest BCUT2D eigenvalue weighted by Crippen LogP contribution is 2.25. The van der Waals surface area contributed by atoms with Crippen LogP contribution in [0.5, 0.6) is 5.75 Å². The molecule has 2 aromatic heterocycles. The van der Waals surface area contributed by atoms with Gasteiger partial charge in [-0.2, -0.15) is 0 Å². The number of amides is 1. The number of hydrogen-bond donors (Lipinski definition) is 1. The van der Waals surface area contributed by atoms with E-state index in [1.165, 1.54) is 23.1 Å². The predicted molar refractivity (Wildman–Crippen MR) is 112 cm³/mol. The molecule has 1 aromatic carbocycles. The standard InChI is InChI=1S/C19H21N5O2S2/c1-4-10-24-16(11-26-15-8-6-5-7-9-15)22-23-19(24)28-14(3)17(25)21-18-20-13(2)12-27-18/h4-9,12,14H,1,10-11H2,2-3H3,(H,20,21,25)/t14-/m0/s1. The maximum atomic E-state index is 12.4. The molecule has 0 saturated heterocycles. The summed E-state index contributed by atoms with van der Waals surface area (Å²) in [6, 6.07) is 9.53. The Labute approximate surface area is 171 Å². The van der Waals surface area contributed by atoms with Crippen LogP contribution in [-0.2, 0) is 17.9 Å². The zero-order valence-corrected chi connectivity index (χ0v) is 17.3. The first-order valence-corrected chi connectivity index (χ1v) is 10.4. The van der Waals surface area contributed by atoms with Crippen molar-refractivity contribution in [2.75, 3.05) is 5.32 Å². The third-order valence-electron chi connectivity index (χ3n) is 3.72. The van der Waals surface area contributed by atoms with E-state index in [4.69, 9.17) is 4.74 Å². The highest BCUT2D eigenvalue weighted by atomic mass is 32.2. The number of ether oxygens (including phenoxy) is 1. The Hall–Kier alpha value is -2.65. The predicted octanol–water partition coefficient (Wildman–Crippen LogP) is 3.93. The number of para-hydroxylation sites is 1. The van der Waals surface area contributed by atoms with Crippen molar-refractivity contribution >= 4 is 34.1 Å². The van der Waals surface area contributed by atoms with Crippen LogP contribution in [-0.4, -0.2) is 30.9 Å². The number of thiazole rings is 1. The Balaban J connectivity index is 1.66. The molecular formula is C19H21N5O2S2. The van der Waals surface area contributed by atoms with Crippen LogP contribution in [0, 0.1) is 6.92 Å². The van der Waals surface area contributed by atoms with Gasteiger partial charge in [0.15, 0.2) is 16.1 Å². The summed E-state index contributed by atoms with van der Waals surface area (Å²) in [6.07, 6.45) is 1.77. The Bertz CT molecular complexity index is 939. The number of thioether (sulfide) groups is 1. The summed E-state index contributed by atoms with van der Waals surface area (Å²) >= 11 is 2.74. The third-order valence-corrected chi connectivity index (χ3v) is 5.67. The van der Waals surface area contributed by atoms with E-state index in [2.05, 4.69) is 27.1 Å². The number of nitrogens with zero attached hydrogens (tertiary/aromatic N) is 4. The van der Waals surface area contributed by atoms with Gasteiger partial charge in [0.25, 0.3) is 0 Å². The van der Waals surface area contributed by atoms with Gasteiger partial charge in [0, 0.05) is 11.9 Å². The normalized spacial score (nSPS) is 11.8. The van der Waals surface area contributed by atoms with Gasteiger partial charge in [-0.25, -0.2) is 4.98 Å². The summed E-state index contributed by atoms with van der Waals surface area (Å²) in [5.41, 5.74) is 0.884. The Morgan fingerprint density at radius 1 is 1.39 bits per heavy atom. The van der Waals surface area contributed by atoms with Crippen molar-refractivity contribution in [3.63, 3.8) is 0 Å². The van der Waals surface area contributed by atoms with Crippen molar-refractivity contribution < 1.29 is 9.53 Å². The van der Waals surface area contributed by atoms with Crippen molar-refractivity contribution in [2.24, 2.45) is 0 Å². The molecule has 0 bridgehead atoms. The Morgan fingerprint density at radius 3 is 2.86 bits per heavy atom. The lowest BCUT2D eigenvalue weighted by Gasteiger charge is -2.12. The second kappa shape index (κ2) is 9.52. The van der Waals surface area contributed by atoms with E-state index in [9.17, 15) is 4.79 Å². The van der Waals surface area contributed by atoms with Gasteiger partial charge in [-0.05, 0) is 26.0 Å². The molecule has 0 spiro atoms. The van der Waals surface area contributed by atoms with Crippen LogP contribution in [0.1, 0.15) is 18.4 Å². The third kappa shape index (κ3) is 5.20. The molecule has 2 heterocycles. The first kappa shape index (κ1) is 20.1. The zero-order valence-electron chi connectivity index (χ0n) is 15.7. The maximum Gasteiger partial charge on any atom is 0.239 e. The molecule has 0 aliphatic carbocycles. The van der Waals surface area contributed by atoms with Gasteiger partial charge < -0.3 is 10.1 Å². The van der Waals surface area contributed by atoms with Crippen LogP contribution in [0.3, 0.4) is 0 Å². The Morgan fingerprint density at radius 2 is 2.18 bits per heavy atom. The molecule has 1 amide bonds. The number of carbonyl (C=O) groups excluding carboxylic acids is 1. The van der Waals surface area contributed by atoms with Crippen LogP contribution in [0.4, 0.5) is 5.13 Å². The van der Waals surface area contributed by atoms with E-state index < -0.39 is 0 Å². The SMILES string of the molecule is C=CCn1c(COc2ccccc2)nnc1S[C@@H](C)C(=O)Nc1nc(C)cs1. The van der Waals surface area contributed by atoms with E-state index in [1.807, 2.05) is 54.1 Å². The number of allylic oxidation sites excluding steroid dienone is 1. The van der Waals surface area contributed by atoms with Crippen LogP contribution in [0.2, 0.25) is 0 Å². The average Bonchev–Trinajstić information content (AvgIpc) is 3.27. The second-order valence-electron chi connectivity index (χ2n) is 5.94.